The van der Waals surface area contributed by atoms with Gasteiger partial charge in [0.1, 0.15) is 6.04 Å². The minimum Gasteiger partial charge on any atom is -0.324 e. The number of nitrogens with two attached hydrogens (primary N) is 1. The summed E-state index contributed by atoms with van der Waals surface area (Å²) in [5, 5.41) is 5.72. The van der Waals surface area contributed by atoms with Gasteiger partial charge >= 0.3 is 0 Å². The Bertz CT molecular complexity index is 772. The molecule has 1 saturated heterocycles. The molecule has 0 bridgehead atoms. The van der Waals surface area contributed by atoms with Gasteiger partial charge < -0.3 is 16.0 Å². The van der Waals surface area contributed by atoms with E-state index >= 15 is 0 Å². The number of amides is 3. The molecule has 4 N–H and O–H groups in total. The van der Waals surface area contributed by atoms with Gasteiger partial charge in [0.25, 0.3) is 5.91 Å². The Morgan fingerprint density at radius 1 is 1.27 bits per heavy atom. The van der Waals surface area contributed by atoms with E-state index in [9.17, 15) is 14.4 Å². The Morgan fingerprint density at radius 2 is 2.08 bits per heavy atom. The number of carbonyl (C=O) groups excluding carboxylic acids is 3. The fourth-order valence-electron chi connectivity index (χ4n) is 4.09. The first-order valence-electron chi connectivity index (χ1n) is 9.22. The van der Waals surface area contributed by atoms with Gasteiger partial charge in [0, 0.05) is 37.2 Å². The first-order chi connectivity index (χ1) is 12.5. The van der Waals surface area contributed by atoms with Gasteiger partial charge in [-0.3, -0.25) is 19.7 Å². The van der Waals surface area contributed by atoms with Crippen LogP contribution in [0.3, 0.4) is 0 Å². The molecule has 1 aliphatic carbocycles. The van der Waals surface area contributed by atoms with Crippen molar-refractivity contribution in [3.05, 3.63) is 34.9 Å². The van der Waals surface area contributed by atoms with E-state index in [1.54, 1.807) is 4.90 Å². The molecule has 1 atom stereocenters. The van der Waals surface area contributed by atoms with Crippen LogP contribution in [-0.2, 0) is 22.7 Å². The van der Waals surface area contributed by atoms with Crippen LogP contribution in [0.5, 0.6) is 0 Å². The summed E-state index contributed by atoms with van der Waals surface area (Å²) in [5.41, 5.74) is 8.69. The van der Waals surface area contributed by atoms with Crippen molar-refractivity contribution < 1.29 is 14.4 Å². The van der Waals surface area contributed by atoms with Crippen LogP contribution < -0.4 is 16.4 Å². The molecular weight excluding hydrogens is 332 g/mol. The lowest BCUT2D eigenvalue weighted by molar-refractivity contribution is -0.136. The third-order valence-corrected chi connectivity index (χ3v) is 5.78. The second-order valence-electron chi connectivity index (χ2n) is 7.67. The average molecular weight is 356 g/mol. The molecule has 3 aliphatic rings. The molecule has 4 rings (SSSR count). The summed E-state index contributed by atoms with van der Waals surface area (Å²) in [6.07, 6.45) is 3.90. The van der Waals surface area contributed by atoms with Crippen LogP contribution in [0.2, 0.25) is 0 Å². The smallest absolute Gasteiger partial charge is 0.255 e. The number of benzene rings is 1. The Balaban J connectivity index is 1.47. The molecule has 0 radical (unpaired) electrons. The van der Waals surface area contributed by atoms with Crippen molar-refractivity contribution >= 4 is 17.7 Å². The van der Waals surface area contributed by atoms with E-state index in [1.807, 2.05) is 18.2 Å². The van der Waals surface area contributed by atoms with Crippen molar-refractivity contribution in [2.75, 3.05) is 6.54 Å². The van der Waals surface area contributed by atoms with E-state index in [2.05, 4.69) is 10.6 Å². The summed E-state index contributed by atoms with van der Waals surface area (Å²) in [5.74, 6) is -0.776. The molecular formula is C19H24N4O3. The van der Waals surface area contributed by atoms with E-state index in [0.717, 1.165) is 30.5 Å². The van der Waals surface area contributed by atoms with Gasteiger partial charge in [-0.15, -0.1) is 0 Å². The molecule has 3 amide bonds. The summed E-state index contributed by atoms with van der Waals surface area (Å²) in [7, 11) is 0. The molecule has 1 aromatic carbocycles. The predicted molar refractivity (Wildman–Crippen MR) is 95.0 cm³/mol. The molecule has 2 fully saturated rings. The van der Waals surface area contributed by atoms with Crippen LogP contribution >= 0.6 is 0 Å². The number of rotatable bonds is 5. The highest BCUT2D eigenvalue weighted by Crippen LogP contribution is 2.31. The molecule has 1 aromatic rings. The monoisotopic (exact) mass is 356 g/mol. The van der Waals surface area contributed by atoms with Crippen LogP contribution in [0, 0.1) is 0 Å². The highest BCUT2D eigenvalue weighted by Gasteiger charge is 2.40. The van der Waals surface area contributed by atoms with E-state index in [0.29, 0.717) is 25.1 Å². The van der Waals surface area contributed by atoms with E-state index < -0.39 is 6.04 Å². The lowest BCUT2D eigenvalue weighted by Gasteiger charge is -2.38. The molecule has 2 aliphatic heterocycles. The van der Waals surface area contributed by atoms with Crippen LogP contribution in [-0.4, -0.2) is 40.7 Å². The van der Waals surface area contributed by atoms with Crippen molar-refractivity contribution in [2.45, 2.75) is 56.8 Å². The number of nitrogens with one attached hydrogen (secondary N) is 2. The normalized spacial score (nSPS) is 24.3. The second-order valence-corrected chi connectivity index (χ2v) is 7.67. The van der Waals surface area contributed by atoms with Gasteiger partial charge in [-0.1, -0.05) is 18.2 Å². The number of nitrogens with zero attached hydrogens (tertiary/aromatic N) is 1. The second kappa shape index (κ2) is 6.48. The Morgan fingerprint density at radius 3 is 2.77 bits per heavy atom. The van der Waals surface area contributed by atoms with Gasteiger partial charge in [-0.05, 0) is 36.8 Å². The number of imide groups is 1. The molecule has 0 spiro atoms. The molecule has 1 saturated carbocycles. The highest BCUT2D eigenvalue weighted by molar-refractivity contribution is 6.05. The van der Waals surface area contributed by atoms with Gasteiger partial charge in [-0.2, -0.15) is 0 Å². The first kappa shape index (κ1) is 17.2. The molecule has 0 aromatic heterocycles. The SMILES string of the molecule is NC1(CNCc2cccc3c2C(=O)N(C2CCC(=O)NC2=O)C3)CCC1. The Labute approximate surface area is 152 Å². The Kier molecular flexibility index (Phi) is 4.28. The molecule has 7 nitrogen and oxygen atoms in total. The van der Waals surface area contributed by atoms with Crippen LogP contribution in [0.4, 0.5) is 0 Å². The summed E-state index contributed by atoms with van der Waals surface area (Å²) in [4.78, 5) is 38.1. The number of fused-ring (bicyclic) bond motifs is 1. The average Bonchev–Trinajstić information content (AvgIpc) is 2.91. The minimum atomic E-state index is -0.573. The topological polar surface area (TPSA) is 105 Å². The van der Waals surface area contributed by atoms with Gasteiger partial charge in [0.05, 0.1) is 0 Å². The zero-order valence-electron chi connectivity index (χ0n) is 14.7. The lowest BCUT2D eigenvalue weighted by atomic mass is 9.78. The number of piperidine rings is 1. The Hall–Kier alpha value is -2.25. The molecule has 1 unspecified atom stereocenters. The van der Waals surface area contributed by atoms with Crippen molar-refractivity contribution in [3.63, 3.8) is 0 Å². The van der Waals surface area contributed by atoms with E-state index in [4.69, 9.17) is 5.73 Å². The fourth-order valence-corrected chi connectivity index (χ4v) is 4.09. The van der Waals surface area contributed by atoms with E-state index in [-0.39, 0.29) is 29.7 Å². The van der Waals surface area contributed by atoms with Crippen molar-refractivity contribution in [2.24, 2.45) is 5.73 Å². The quantitative estimate of drug-likeness (QED) is 0.663. The lowest BCUT2D eigenvalue weighted by Crippen LogP contribution is -2.53. The summed E-state index contributed by atoms with van der Waals surface area (Å²) in [6.45, 7) is 1.73. The van der Waals surface area contributed by atoms with Gasteiger partial charge in [0.15, 0.2) is 0 Å². The maximum absolute atomic E-state index is 13.0. The third-order valence-electron chi connectivity index (χ3n) is 5.78. The van der Waals surface area contributed by atoms with Gasteiger partial charge in [-0.25, -0.2) is 0 Å². The van der Waals surface area contributed by atoms with Crippen LogP contribution in [0.25, 0.3) is 0 Å². The maximum atomic E-state index is 13.0. The van der Waals surface area contributed by atoms with Crippen molar-refractivity contribution in [1.29, 1.82) is 0 Å². The summed E-state index contributed by atoms with van der Waals surface area (Å²) < 4.78 is 0. The first-order valence-corrected chi connectivity index (χ1v) is 9.22. The molecule has 2 heterocycles. The number of hydrogen-bond donors (Lipinski definition) is 3. The molecule has 7 heteroatoms. The zero-order valence-corrected chi connectivity index (χ0v) is 14.7. The molecule has 26 heavy (non-hydrogen) atoms. The van der Waals surface area contributed by atoms with Crippen molar-refractivity contribution in [1.82, 2.24) is 15.5 Å². The zero-order chi connectivity index (χ0) is 18.3. The number of hydrogen-bond acceptors (Lipinski definition) is 5. The summed E-state index contributed by atoms with van der Waals surface area (Å²) >= 11 is 0. The van der Waals surface area contributed by atoms with Crippen molar-refractivity contribution in [3.8, 4) is 0 Å². The van der Waals surface area contributed by atoms with Crippen LogP contribution in [0.1, 0.15) is 53.6 Å². The third kappa shape index (κ3) is 3.01. The van der Waals surface area contributed by atoms with Crippen LogP contribution in [0.15, 0.2) is 18.2 Å². The minimum absolute atomic E-state index is 0.110. The standard InChI is InChI=1S/C19H24N4O3/c20-19(7-2-8-19)11-21-9-12-3-1-4-13-10-23(18(26)16(12)13)14-5-6-15(24)22-17(14)25/h1,3-4,14,21H,2,5-11,20H2,(H,22,24,25). The van der Waals surface area contributed by atoms with Gasteiger partial charge in [0.2, 0.25) is 11.8 Å². The maximum Gasteiger partial charge on any atom is 0.255 e. The largest absolute Gasteiger partial charge is 0.324 e. The van der Waals surface area contributed by atoms with E-state index in [1.165, 1.54) is 6.42 Å². The fraction of sp³-hybridized carbons (Fsp3) is 0.526. The molecule has 138 valence electrons. The predicted octanol–water partition coefficient (Wildman–Crippen LogP) is 0.419. The number of carbonyl (C=O) groups is 3. The highest BCUT2D eigenvalue weighted by atomic mass is 16.2. The summed E-state index contributed by atoms with van der Waals surface area (Å²) in [6, 6.07) is 5.25.